The van der Waals surface area contributed by atoms with Crippen molar-refractivity contribution < 1.29 is 13.2 Å². The molecular weight excluding hydrogens is 408 g/mol. The van der Waals surface area contributed by atoms with Gasteiger partial charge in [-0.1, -0.05) is 42.1 Å². The Labute approximate surface area is 175 Å². The summed E-state index contributed by atoms with van der Waals surface area (Å²) in [5.41, 5.74) is 1.17. The van der Waals surface area contributed by atoms with Crippen LogP contribution in [0.3, 0.4) is 0 Å². The van der Waals surface area contributed by atoms with Crippen LogP contribution in [0.4, 0.5) is 0 Å². The zero-order valence-corrected chi connectivity index (χ0v) is 18.2. The molecule has 1 aliphatic heterocycles. The van der Waals surface area contributed by atoms with Gasteiger partial charge in [-0.05, 0) is 31.7 Å². The molecule has 156 valence electrons. The first kappa shape index (κ1) is 20.4. The highest BCUT2D eigenvalue weighted by molar-refractivity contribution is 7.99. The van der Waals surface area contributed by atoms with Crippen LogP contribution in [0.15, 0.2) is 35.5 Å². The predicted molar refractivity (Wildman–Crippen MR) is 113 cm³/mol. The summed E-state index contributed by atoms with van der Waals surface area (Å²) in [4.78, 5) is 14.5. The van der Waals surface area contributed by atoms with E-state index in [4.69, 9.17) is 0 Å². The standard InChI is InChI=1S/C20H26N4O3S2/c1-2-23(17-10-11-29(26,27)14-17)18(25)13-28-20-22-21-19(16-8-9-16)24(20)12-15-6-4-3-5-7-15/h3-7,16-17H,2,8-14H2,1H3/t17-/m0/s1. The normalized spacial score (nSPS) is 20.7. The van der Waals surface area contributed by atoms with Crippen LogP contribution in [0.25, 0.3) is 0 Å². The van der Waals surface area contributed by atoms with Crippen LogP contribution in [0.5, 0.6) is 0 Å². The molecule has 1 saturated carbocycles. The highest BCUT2D eigenvalue weighted by Crippen LogP contribution is 2.40. The van der Waals surface area contributed by atoms with Gasteiger partial charge in [0.25, 0.3) is 0 Å². The van der Waals surface area contributed by atoms with Crippen molar-refractivity contribution in [2.75, 3.05) is 23.8 Å². The Morgan fingerprint density at radius 2 is 1.97 bits per heavy atom. The Hall–Kier alpha value is -1.87. The van der Waals surface area contributed by atoms with Gasteiger partial charge in [0.1, 0.15) is 5.82 Å². The fourth-order valence-electron chi connectivity index (χ4n) is 3.83. The monoisotopic (exact) mass is 434 g/mol. The number of hydrogen-bond donors (Lipinski definition) is 0. The number of carbonyl (C=O) groups is 1. The van der Waals surface area contributed by atoms with E-state index in [0.29, 0.717) is 25.4 Å². The van der Waals surface area contributed by atoms with Gasteiger partial charge in [0.2, 0.25) is 5.91 Å². The van der Waals surface area contributed by atoms with Crippen molar-refractivity contribution in [2.24, 2.45) is 0 Å². The third-order valence-electron chi connectivity index (χ3n) is 5.51. The lowest BCUT2D eigenvalue weighted by atomic mass is 10.2. The van der Waals surface area contributed by atoms with Crippen molar-refractivity contribution in [3.05, 3.63) is 41.7 Å². The molecule has 9 heteroatoms. The summed E-state index contributed by atoms with van der Waals surface area (Å²) >= 11 is 1.39. The topological polar surface area (TPSA) is 85.2 Å². The maximum absolute atomic E-state index is 12.8. The number of carbonyl (C=O) groups excluding carboxylic acids is 1. The van der Waals surface area contributed by atoms with Gasteiger partial charge in [0.05, 0.1) is 23.8 Å². The minimum Gasteiger partial charge on any atom is -0.338 e. The first-order valence-corrected chi connectivity index (χ1v) is 12.9. The number of aromatic nitrogens is 3. The molecule has 0 radical (unpaired) electrons. The Bertz CT molecular complexity index is 971. The van der Waals surface area contributed by atoms with Crippen LogP contribution in [-0.2, 0) is 21.2 Å². The van der Waals surface area contributed by atoms with Crippen LogP contribution in [0, 0.1) is 0 Å². The summed E-state index contributed by atoms with van der Waals surface area (Å²) in [5, 5.41) is 9.51. The number of thioether (sulfide) groups is 1. The maximum Gasteiger partial charge on any atom is 0.233 e. The van der Waals surface area contributed by atoms with E-state index in [-0.39, 0.29) is 29.2 Å². The molecule has 29 heavy (non-hydrogen) atoms. The fourth-order valence-corrected chi connectivity index (χ4v) is 6.40. The van der Waals surface area contributed by atoms with E-state index in [9.17, 15) is 13.2 Å². The van der Waals surface area contributed by atoms with Crippen LogP contribution in [-0.4, -0.2) is 63.8 Å². The van der Waals surface area contributed by atoms with Crippen molar-refractivity contribution >= 4 is 27.5 Å². The second-order valence-corrected chi connectivity index (χ2v) is 10.9. The molecule has 1 saturated heterocycles. The molecule has 1 atom stereocenters. The molecule has 0 N–H and O–H groups in total. The van der Waals surface area contributed by atoms with E-state index < -0.39 is 9.84 Å². The maximum atomic E-state index is 12.8. The van der Waals surface area contributed by atoms with E-state index in [1.165, 1.54) is 17.3 Å². The molecule has 2 aliphatic rings. The van der Waals surface area contributed by atoms with Crippen LogP contribution >= 0.6 is 11.8 Å². The molecule has 4 rings (SSSR count). The van der Waals surface area contributed by atoms with Gasteiger partial charge in [0, 0.05) is 18.5 Å². The lowest BCUT2D eigenvalue weighted by Gasteiger charge is -2.26. The third-order valence-corrected chi connectivity index (χ3v) is 8.21. The zero-order chi connectivity index (χ0) is 20.4. The predicted octanol–water partition coefficient (Wildman–Crippen LogP) is 2.33. The van der Waals surface area contributed by atoms with Gasteiger partial charge in [-0.3, -0.25) is 4.79 Å². The molecule has 2 aromatic rings. The molecule has 1 aromatic carbocycles. The van der Waals surface area contributed by atoms with Gasteiger partial charge in [-0.2, -0.15) is 0 Å². The van der Waals surface area contributed by atoms with Crippen molar-refractivity contribution in [3.63, 3.8) is 0 Å². The second kappa shape index (κ2) is 8.47. The largest absolute Gasteiger partial charge is 0.338 e. The Morgan fingerprint density at radius 1 is 1.21 bits per heavy atom. The van der Waals surface area contributed by atoms with Crippen molar-refractivity contribution in [3.8, 4) is 0 Å². The molecule has 1 aromatic heterocycles. The van der Waals surface area contributed by atoms with Crippen molar-refractivity contribution in [2.45, 2.75) is 49.8 Å². The summed E-state index contributed by atoms with van der Waals surface area (Å²) in [5.74, 6) is 1.91. The summed E-state index contributed by atoms with van der Waals surface area (Å²) in [7, 11) is -3.02. The summed E-state index contributed by atoms with van der Waals surface area (Å²) < 4.78 is 25.7. The minimum atomic E-state index is -3.02. The molecule has 7 nitrogen and oxygen atoms in total. The number of nitrogens with zero attached hydrogens (tertiary/aromatic N) is 4. The van der Waals surface area contributed by atoms with Gasteiger partial charge >= 0.3 is 0 Å². The zero-order valence-electron chi connectivity index (χ0n) is 16.5. The quantitative estimate of drug-likeness (QED) is 0.593. The molecule has 0 spiro atoms. The smallest absolute Gasteiger partial charge is 0.233 e. The van der Waals surface area contributed by atoms with Crippen LogP contribution in [0.2, 0.25) is 0 Å². The van der Waals surface area contributed by atoms with Crippen LogP contribution in [0.1, 0.15) is 43.5 Å². The minimum absolute atomic E-state index is 0.0400. The number of rotatable bonds is 8. The average Bonchev–Trinajstić information content (AvgIpc) is 3.38. The highest BCUT2D eigenvalue weighted by Gasteiger charge is 2.34. The van der Waals surface area contributed by atoms with E-state index in [0.717, 1.165) is 23.8 Å². The van der Waals surface area contributed by atoms with Crippen LogP contribution < -0.4 is 0 Å². The van der Waals surface area contributed by atoms with E-state index in [2.05, 4.69) is 26.9 Å². The van der Waals surface area contributed by atoms with E-state index in [1.54, 1.807) is 4.90 Å². The lowest BCUT2D eigenvalue weighted by Crippen LogP contribution is -2.42. The SMILES string of the molecule is CCN(C(=O)CSc1nnc(C2CC2)n1Cc1ccccc1)[C@H]1CCS(=O)(=O)C1. The van der Waals surface area contributed by atoms with Crippen molar-refractivity contribution in [1.29, 1.82) is 0 Å². The third kappa shape index (κ3) is 4.83. The van der Waals surface area contributed by atoms with Gasteiger partial charge in [0.15, 0.2) is 15.0 Å². The summed E-state index contributed by atoms with van der Waals surface area (Å²) in [6.45, 7) is 3.11. The molecular formula is C20H26N4O3S2. The molecule has 2 heterocycles. The molecule has 0 unspecified atom stereocenters. The van der Waals surface area contributed by atoms with E-state index >= 15 is 0 Å². The van der Waals surface area contributed by atoms with Crippen molar-refractivity contribution in [1.82, 2.24) is 19.7 Å². The Kier molecular flexibility index (Phi) is 5.96. The lowest BCUT2D eigenvalue weighted by molar-refractivity contribution is -0.129. The van der Waals surface area contributed by atoms with Gasteiger partial charge in [-0.25, -0.2) is 8.42 Å². The Balaban J connectivity index is 1.45. The number of benzene rings is 1. The number of sulfone groups is 1. The average molecular weight is 435 g/mol. The van der Waals surface area contributed by atoms with Gasteiger partial charge in [-0.15, -0.1) is 10.2 Å². The fraction of sp³-hybridized carbons (Fsp3) is 0.550. The molecule has 0 bridgehead atoms. The highest BCUT2D eigenvalue weighted by atomic mass is 32.2. The number of hydrogen-bond acceptors (Lipinski definition) is 6. The second-order valence-electron chi connectivity index (χ2n) is 7.71. The first-order chi connectivity index (χ1) is 14.0. The summed E-state index contributed by atoms with van der Waals surface area (Å²) in [6, 6.07) is 9.98. The molecule has 1 amide bonds. The first-order valence-electron chi connectivity index (χ1n) is 10.1. The summed E-state index contributed by atoms with van der Waals surface area (Å²) in [6.07, 6.45) is 2.80. The van der Waals surface area contributed by atoms with E-state index in [1.807, 2.05) is 25.1 Å². The Morgan fingerprint density at radius 3 is 2.59 bits per heavy atom. The van der Waals surface area contributed by atoms with Gasteiger partial charge < -0.3 is 9.47 Å². The number of amides is 1. The molecule has 2 fully saturated rings. The molecule has 1 aliphatic carbocycles.